The summed E-state index contributed by atoms with van der Waals surface area (Å²) in [6, 6.07) is 12.3. The number of aromatic nitrogens is 2. The van der Waals surface area contributed by atoms with Crippen molar-refractivity contribution < 1.29 is 9.63 Å². The third kappa shape index (κ3) is 2.58. The van der Waals surface area contributed by atoms with Crippen molar-refractivity contribution in [2.45, 2.75) is 38.8 Å². The standard InChI is InChI=1S/C20H21N5O2/c1-11(2)25-17-8-6-12(10-16(17)22-24-25)19-21-20(27-23-19)15-5-3-4-14-13(15)7-9-18(14)26/h3-6,8,10-11,18,22,24,26H,7,9H2,1-2H3. The van der Waals surface area contributed by atoms with E-state index in [1.807, 2.05) is 36.4 Å². The molecule has 1 atom stereocenters. The van der Waals surface area contributed by atoms with E-state index < -0.39 is 6.10 Å². The van der Waals surface area contributed by atoms with Crippen LogP contribution in [0.4, 0.5) is 11.4 Å². The molecule has 0 bridgehead atoms. The number of hydrogen-bond acceptors (Lipinski definition) is 7. The maximum absolute atomic E-state index is 10.1. The Morgan fingerprint density at radius 3 is 3.00 bits per heavy atom. The second-order valence-corrected chi connectivity index (χ2v) is 7.28. The minimum Gasteiger partial charge on any atom is -0.388 e. The van der Waals surface area contributed by atoms with Crippen molar-refractivity contribution in [1.29, 1.82) is 0 Å². The first-order valence-corrected chi connectivity index (χ1v) is 9.21. The molecule has 27 heavy (non-hydrogen) atoms. The van der Waals surface area contributed by atoms with Gasteiger partial charge < -0.3 is 15.1 Å². The van der Waals surface area contributed by atoms with E-state index in [0.29, 0.717) is 17.8 Å². The molecule has 2 heterocycles. The van der Waals surface area contributed by atoms with Gasteiger partial charge in [0.2, 0.25) is 5.82 Å². The first-order valence-electron chi connectivity index (χ1n) is 9.21. The zero-order valence-electron chi connectivity index (χ0n) is 15.2. The SMILES string of the molecule is CC(C)N1NNc2cc(-c3noc(-c4cccc5c4CCC5O)n3)ccc21. The normalized spacial score (nSPS) is 17.9. The molecule has 138 valence electrons. The monoisotopic (exact) mass is 363 g/mol. The van der Waals surface area contributed by atoms with Gasteiger partial charge in [-0.15, -0.1) is 5.53 Å². The number of aliphatic hydroxyl groups excluding tert-OH is 1. The lowest BCUT2D eigenvalue weighted by molar-refractivity contribution is 0.180. The van der Waals surface area contributed by atoms with E-state index in [4.69, 9.17) is 4.52 Å². The number of hydrogen-bond donors (Lipinski definition) is 3. The Kier molecular flexibility index (Phi) is 3.66. The summed E-state index contributed by atoms with van der Waals surface area (Å²) in [4.78, 5) is 4.61. The summed E-state index contributed by atoms with van der Waals surface area (Å²) in [6.45, 7) is 4.25. The predicted octanol–water partition coefficient (Wildman–Crippen LogP) is 3.44. The quantitative estimate of drug-likeness (QED) is 0.657. The molecule has 2 aromatic carbocycles. The minimum absolute atomic E-state index is 0.330. The molecule has 7 heteroatoms. The summed E-state index contributed by atoms with van der Waals surface area (Å²) in [5.74, 6) is 1.04. The molecule has 1 aromatic heterocycles. The average molecular weight is 363 g/mol. The number of nitrogens with zero attached hydrogens (tertiary/aromatic N) is 3. The Bertz CT molecular complexity index is 1010. The van der Waals surface area contributed by atoms with E-state index in [2.05, 4.69) is 40.0 Å². The Labute approximate surface area is 157 Å². The number of benzene rings is 2. The number of aliphatic hydroxyl groups is 1. The smallest absolute Gasteiger partial charge is 0.258 e. The molecule has 1 aliphatic carbocycles. The molecule has 0 amide bonds. The number of anilines is 2. The predicted molar refractivity (Wildman–Crippen MR) is 103 cm³/mol. The van der Waals surface area contributed by atoms with Crippen molar-refractivity contribution >= 4 is 11.4 Å². The maximum atomic E-state index is 10.1. The largest absolute Gasteiger partial charge is 0.388 e. The zero-order chi connectivity index (χ0) is 18.5. The van der Waals surface area contributed by atoms with E-state index in [-0.39, 0.29) is 0 Å². The van der Waals surface area contributed by atoms with Crippen LogP contribution in [-0.2, 0) is 6.42 Å². The van der Waals surface area contributed by atoms with Gasteiger partial charge in [-0.2, -0.15) is 4.98 Å². The van der Waals surface area contributed by atoms with E-state index >= 15 is 0 Å². The molecule has 3 N–H and O–H groups in total. The Morgan fingerprint density at radius 2 is 2.15 bits per heavy atom. The van der Waals surface area contributed by atoms with Crippen LogP contribution in [-0.4, -0.2) is 21.3 Å². The molecule has 1 unspecified atom stereocenters. The summed E-state index contributed by atoms with van der Waals surface area (Å²) in [6.07, 6.45) is 1.16. The average Bonchev–Trinajstić information content (AvgIpc) is 3.39. The molecule has 0 radical (unpaired) electrons. The van der Waals surface area contributed by atoms with Crippen molar-refractivity contribution in [2.24, 2.45) is 0 Å². The molecule has 5 rings (SSSR count). The number of nitrogens with one attached hydrogen (secondary N) is 2. The highest BCUT2D eigenvalue weighted by molar-refractivity contribution is 5.79. The highest BCUT2D eigenvalue weighted by Crippen LogP contribution is 2.38. The fourth-order valence-corrected chi connectivity index (χ4v) is 3.86. The Hall–Kier alpha value is -2.90. The first-order chi connectivity index (χ1) is 13.1. The third-order valence-corrected chi connectivity index (χ3v) is 5.24. The highest BCUT2D eigenvalue weighted by Gasteiger charge is 2.26. The van der Waals surface area contributed by atoms with Gasteiger partial charge in [0.1, 0.15) is 0 Å². The van der Waals surface area contributed by atoms with Crippen molar-refractivity contribution in [1.82, 2.24) is 15.7 Å². The first kappa shape index (κ1) is 16.3. The fraction of sp³-hybridized carbons (Fsp3) is 0.300. The van der Waals surface area contributed by atoms with Gasteiger partial charge in [-0.25, -0.2) is 0 Å². The molecule has 0 spiro atoms. The summed E-state index contributed by atoms with van der Waals surface area (Å²) < 4.78 is 5.56. The lowest BCUT2D eigenvalue weighted by atomic mass is 10.0. The van der Waals surface area contributed by atoms with Crippen LogP contribution in [0.1, 0.15) is 37.5 Å². The van der Waals surface area contributed by atoms with E-state index in [0.717, 1.165) is 46.5 Å². The van der Waals surface area contributed by atoms with Gasteiger partial charge in [-0.3, -0.25) is 5.01 Å². The lowest BCUT2D eigenvalue weighted by Crippen LogP contribution is -2.41. The van der Waals surface area contributed by atoms with Crippen molar-refractivity contribution in [2.75, 3.05) is 10.4 Å². The van der Waals surface area contributed by atoms with Crippen LogP contribution in [0.3, 0.4) is 0 Å². The summed E-state index contributed by atoms with van der Waals surface area (Å²) >= 11 is 0. The number of fused-ring (bicyclic) bond motifs is 2. The maximum Gasteiger partial charge on any atom is 0.258 e. The van der Waals surface area contributed by atoms with Crippen LogP contribution in [0, 0.1) is 0 Å². The fourth-order valence-electron chi connectivity index (χ4n) is 3.86. The molecule has 0 saturated carbocycles. The zero-order valence-corrected chi connectivity index (χ0v) is 15.2. The summed E-state index contributed by atoms with van der Waals surface area (Å²) in [7, 11) is 0. The van der Waals surface area contributed by atoms with Crippen LogP contribution >= 0.6 is 0 Å². The van der Waals surface area contributed by atoms with E-state index in [1.165, 1.54) is 0 Å². The van der Waals surface area contributed by atoms with Gasteiger partial charge in [0.05, 0.1) is 17.5 Å². The second-order valence-electron chi connectivity index (χ2n) is 7.28. The molecule has 0 saturated heterocycles. The van der Waals surface area contributed by atoms with Crippen LogP contribution in [0.5, 0.6) is 0 Å². The molecule has 2 aliphatic rings. The van der Waals surface area contributed by atoms with E-state index in [9.17, 15) is 5.11 Å². The van der Waals surface area contributed by atoms with Crippen molar-refractivity contribution in [3.8, 4) is 22.8 Å². The third-order valence-electron chi connectivity index (χ3n) is 5.24. The van der Waals surface area contributed by atoms with Gasteiger partial charge in [0.15, 0.2) is 0 Å². The molecule has 1 aliphatic heterocycles. The number of hydrazine groups is 2. The molecular weight excluding hydrogens is 342 g/mol. The minimum atomic E-state index is -0.401. The second kappa shape index (κ2) is 6.07. The van der Waals surface area contributed by atoms with Crippen molar-refractivity contribution in [3.63, 3.8) is 0 Å². The van der Waals surface area contributed by atoms with Crippen LogP contribution < -0.4 is 16.0 Å². The summed E-state index contributed by atoms with van der Waals surface area (Å²) in [5, 5.41) is 16.3. The van der Waals surface area contributed by atoms with E-state index in [1.54, 1.807) is 0 Å². The Morgan fingerprint density at radius 1 is 1.26 bits per heavy atom. The van der Waals surface area contributed by atoms with Gasteiger partial charge in [0.25, 0.3) is 5.89 Å². The Balaban J connectivity index is 1.49. The topological polar surface area (TPSA) is 86.5 Å². The van der Waals surface area contributed by atoms with Gasteiger partial charge in [-0.05, 0) is 62.1 Å². The molecular formula is C20H21N5O2. The van der Waals surface area contributed by atoms with Gasteiger partial charge in [0, 0.05) is 17.2 Å². The van der Waals surface area contributed by atoms with Gasteiger partial charge >= 0.3 is 0 Å². The molecule has 0 fully saturated rings. The van der Waals surface area contributed by atoms with Gasteiger partial charge in [-0.1, -0.05) is 17.3 Å². The van der Waals surface area contributed by atoms with Crippen LogP contribution in [0.15, 0.2) is 40.9 Å². The number of rotatable bonds is 3. The molecule has 3 aromatic rings. The molecule has 7 nitrogen and oxygen atoms in total. The van der Waals surface area contributed by atoms with Crippen LogP contribution in [0.2, 0.25) is 0 Å². The lowest BCUT2D eigenvalue weighted by Gasteiger charge is -2.21. The van der Waals surface area contributed by atoms with Crippen LogP contribution in [0.25, 0.3) is 22.8 Å². The highest BCUT2D eigenvalue weighted by atomic mass is 16.5. The summed E-state index contributed by atoms with van der Waals surface area (Å²) in [5.41, 5.74) is 12.3. The van der Waals surface area contributed by atoms with Crippen molar-refractivity contribution in [3.05, 3.63) is 47.5 Å².